The maximum absolute atomic E-state index is 5.58. The van der Waals surface area contributed by atoms with E-state index in [1.165, 1.54) is 11.1 Å². The van der Waals surface area contributed by atoms with Crippen molar-refractivity contribution in [2.24, 2.45) is 5.73 Å². The second-order valence-corrected chi connectivity index (χ2v) is 5.21. The Morgan fingerprint density at radius 3 is 3.00 bits per heavy atom. The Morgan fingerprint density at radius 1 is 1.37 bits per heavy atom. The number of fused-ring (bicyclic) bond motifs is 1. The summed E-state index contributed by atoms with van der Waals surface area (Å²) >= 11 is 4.93. The molecule has 0 radical (unpaired) electrons. The molecule has 1 aliphatic carbocycles. The van der Waals surface area contributed by atoms with Gasteiger partial charge in [-0.2, -0.15) is 0 Å². The van der Waals surface area contributed by atoms with Gasteiger partial charge in [0.05, 0.1) is 5.69 Å². The number of pyridine rings is 1. The van der Waals surface area contributed by atoms with Gasteiger partial charge in [-0.05, 0) is 29.7 Å². The molecule has 3 N–H and O–H groups in total. The molecule has 96 valence electrons. The van der Waals surface area contributed by atoms with E-state index in [0.717, 1.165) is 18.7 Å². The van der Waals surface area contributed by atoms with Crippen LogP contribution in [0.1, 0.15) is 22.7 Å². The monoisotopic (exact) mass is 269 g/mol. The smallest absolute Gasteiger partial charge is 0.122 e. The first kappa shape index (κ1) is 12.1. The number of nitrogens with one attached hydrogen (secondary N) is 1. The number of anilines is 1. The highest BCUT2D eigenvalue weighted by Gasteiger charge is 2.24. The fraction of sp³-hybridized carbons (Fsp3) is 0.200. The van der Waals surface area contributed by atoms with E-state index in [-0.39, 0.29) is 0 Å². The fourth-order valence-corrected chi connectivity index (χ4v) is 2.57. The predicted molar refractivity (Wildman–Crippen MR) is 81.5 cm³/mol. The Labute approximate surface area is 117 Å². The van der Waals surface area contributed by atoms with Crippen molar-refractivity contribution in [2.45, 2.75) is 12.3 Å². The van der Waals surface area contributed by atoms with Crippen LogP contribution in [0.2, 0.25) is 0 Å². The van der Waals surface area contributed by atoms with Gasteiger partial charge in [-0.25, -0.2) is 0 Å². The summed E-state index contributed by atoms with van der Waals surface area (Å²) in [7, 11) is 0. The van der Waals surface area contributed by atoms with Crippen LogP contribution in [0.15, 0.2) is 42.6 Å². The number of aromatic nitrogens is 1. The Kier molecular flexibility index (Phi) is 3.17. The second-order valence-electron chi connectivity index (χ2n) is 4.77. The fourth-order valence-electron chi connectivity index (χ4n) is 2.46. The molecule has 1 heterocycles. The molecular weight excluding hydrogens is 254 g/mol. The lowest BCUT2D eigenvalue weighted by atomic mass is 9.77. The lowest BCUT2D eigenvalue weighted by molar-refractivity contribution is 0.636. The van der Waals surface area contributed by atoms with Crippen molar-refractivity contribution in [1.29, 1.82) is 0 Å². The summed E-state index contributed by atoms with van der Waals surface area (Å²) in [4.78, 5) is 4.46. The largest absolute Gasteiger partial charge is 0.388 e. The van der Waals surface area contributed by atoms with Crippen LogP contribution >= 0.6 is 12.2 Å². The second kappa shape index (κ2) is 4.97. The molecule has 0 fully saturated rings. The minimum Gasteiger partial charge on any atom is -0.388 e. The highest BCUT2D eigenvalue weighted by atomic mass is 32.1. The zero-order valence-corrected chi connectivity index (χ0v) is 11.3. The van der Waals surface area contributed by atoms with Crippen molar-refractivity contribution in [3.63, 3.8) is 0 Å². The molecule has 1 aromatic carbocycles. The molecule has 3 nitrogen and oxygen atoms in total. The van der Waals surface area contributed by atoms with E-state index in [4.69, 9.17) is 18.0 Å². The summed E-state index contributed by atoms with van der Waals surface area (Å²) in [5, 5.41) is 3.43. The molecular formula is C15H15N3S. The van der Waals surface area contributed by atoms with Gasteiger partial charge in [0, 0.05) is 24.3 Å². The van der Waals surface area contributed by atoms with Crippen molar-refractivity contribution in [2.75, 3.05) is 11.9 Å². The van der Waals surface area contributed by atoms with Crippen LogP contribution in [-0.2, 0) is 6.42 Å². The molecule has 0 amide bonds. The molecule has 0 spiro atoms. The molecule has 0 bridgehead atoms. The van der Waals surface area contributed by atoms with Gasteiger partial charge in [0.15, 0.2) is 0 Å². The third-order valence-corrected chi connectivity index (χ3v) is 3.74. The van der Waals surface area contributed by atoms with E-state index < -0.39 is 0 Å². The summed E-state index contributed by atoms with van der Waals surface area (Å²) in [5.41, 5.74) is 10.2. The molecule has 0 aliphatic heterocycles. The third kappa shape index (κ3) is 2.44. The molecule has 0 saturated heterocycles. The van der Waals surface area contributed by atoms with Crippen molar-refractivity contribution in [1.82, 2.24) is 4.98 Å². The summed E-state index contributed by atoms with van der Waals surface area (Å²) < 4.78 is 0. The summed E-state index contributed by atoms with van der Waals surface area (Å²) in [5.74, 6) is 0.595. The Hall–Kier alpha value is -1.94. The Morgan fingerprint density at radius 2 is 2.21 bits per heavy atom. The Balaban J connectivity index is 1.65. The van der Waals surface area contributed by atoms with Gasteiger partial charge >= 0.3 is 0 Å². The van der Waals surface area contributed by atoms with Crippen LogP contribution < -0.4 is 11.1 Å². The molecule has 3 rings (SSSR count). The van der Waals surface area contributed by atoms with Crippen LogP contribution in [-0.4, -0.2) is 16.5 Å². The minimum atomic E-state index is 0.331. The quantitative estimate of drug-likeness (QED) is 0.837. The van der Waals surface area contributed by atoms with Gasteiger partial charge in [0.2, 0.25) is 0 Å². The molecule has 19 heavy (non-hydrogen) atoms. The summed E-state index contributed by atoms with van der Waals surface area (Å²) in [6.07, 6.45) is 2.88. The third-order valence-electron chi connectivity index (χ3n) is 3.53. The highest BCUT2D eigenvalue weighted by Crippen LogP contribution is 2.34. The van der Waals surface area contributed by atoms with E-state index in [0.29, 0.717) is 16.6 Å². The lowest BCUT2D eigenvalue weighted by Crippen LogP contribution is -2.24. The van der Waals surface area contributed by atoms with Crippen molar-refractivity contribution < 1.29 is 0 Å². The van der Waals surface area contributed by atoms with Gasteiger partial charge in [0.25, 0.3) is 0 Å². The number of rotatable bonds is 4. The maximum Gasteiger partial charge on any atom is 0.122 e. The van der Waals surface area contributed by atoms with E-state index in [1.54, 1.807) is 6.20 Å². The number of thiocarbonyl (C=S) groups is 1. The average molecular weight is 269 g/mol. The van der Waals surface area contributed by atoms with Crippen molar-refractivity contribution in [3.05, 3.63) is 59.4 Å². The summed E-state index contributed by atoms with van der Waals surface area (Å²) in [6, 6.07) is 12.4. The average Bonchev–Trinajstić information content (AvgIpc) is 2.40. The standard InChI is InChI=1S/C15H15N3S/c16-15(19)14-8-12(5-6-17-14)18-9-11-7-10-3-1-2-4-13(10)11/h1-6,8,11H,7,9H2,(H2,16,19)(H,17,18). The SMILES string of the molecule is NC(=S)c1cc(NCC2Cc3ccccc32)ccn1. The number of hydrogen-bond acceptors (Lipinski definition) is 3. The van der Waals surface area contributed by atoms with Crippen LogP contribution in [0.3, 0.4) is 0 Å². The van der Waals surface area contributed by atoms with Crippen LogP contribution in [0.5, 0.6) is 0 Å². The van der Waals surface area contributed by atoms with E-state index in [9.17, 15) is 0 Å². The first-order chi connectivity index (χ1) is 9.24. The van der Waals surface area contributed by atoms with Crippen LogP contribution in [0, 0.1) is 0 Å². The first-order valence-electron chi connectivity index (χ1n) is 6.31. The molecule has 2 aromatic rings. The van der Waals surface area contributed by atoms with Crippen LogP contribution in [0.25, 0.3) is 0 Å². The van der Waals surface area contributed by atoms with Gasteiger partial charge in [-0.3, -0.25) is 4.98 Å². The Bertz CT molecular complexity index is 624. The summed E-state index contributed by atoms with van der Waals surface area (Å²) in [6.45, 7) is 0.928. The number of hydrogen-bond donors (Lipinski definition) is 2. The number of nitrogens with two attached hydrogens (primary N) is 1. The molecule has 1 unspecified atom stereocenters. The van der Waals surface area contributed by atoms with Crippen LogP contribution in [0.4, 0.5) is 5.69 Å². The predicted octanol–water partition coefficient (Wildman–Crippen LogP) is 2.47. The van der Waals surface area contributed by atoms with Gasteiger partial charge < -0.3 is 11.1 Å². The van der Waals surface area contributed by atoms with E-state index >= 15 is 0 Å². The normalized spacial score (nSPS) is 16.3. The molecule has 1 atom stereocenters. The van der Waals surface area contributed by atoms with Gasteiger partial charge in [-0.15, -0.1) is 0 Å². The zero-order chi connectivity index (χ0) is 13.2. The minimum absolute atomic E-state index is 0.331. The lowest BCUT2D eigenvalue weighted by Gasteiger charge is -2.30. The first-order valence-corrected chi connectivity index (χ1v) is 6.72. The maximum atomic E-state index is 5.58. The number of benzene rings is 1. The number of nitrogens with zero attached hydrogens (tertiary/aromatic N) is 1. The van der Waals surface area contributed by atoms with E-state index in [2.05, 4.69) is 34.6 Å². The van der Waals surface area contributed by atoms with Crippen molar-refractivity contribution in [3.8, 4) is 0 Å². The molecule has 4 heteroatoms. The van der Waals surface area contributed by atoms with E-state index in [1.807, 2.05) is 12.1 Å². The molecule has 1 aliphatic rings. The van der Waals surface area contributed by atoms with Gasteiger partial charge in [-0.1, -0.05) is 36.5 Å². The van der Waals surface area contributed by atoms with Crippen molar-refractivity contribution >= 4 is 22.9 Å². The molecule has 0 saturated carbocycles. The highest BCUT2D eigenvalue weighted by molar-refractivity contribution is 7.80. The zero-order valence-electron chi connectivity index (χ0n) is 10.5. The van der Waals surface area contributed by atoms with Gasteiger partial charge in [0.1, 0.15) is 4.99 Å². The topological polar surface area (TPSA) is 50.9 Å². The molecule has 1 aromatic heterocycles.